The van der Waals surface area contributed by atoms with Crippen LogP contribution in [0.2, 0.25) is 5.02 Å². The minimum Gasteiger partial charge on any atom is -0.434 e. The Hall–Kier alpha value is -0.910. The molecule has 1 aromatic rings. The van der Waals surface area contributed by atoms with Crippen LogP contribution in [-0.2, 0) is 6.54 Å². The van der Waals surface area contributed by atoms with E-state index < -0.39 is 6.61 Å². The number of nitrogens with zero attached hydrogens (tertiary/aromatic N) is 1. The van der Waals surface area contributed by atoms with Crippen molar-refractivity contribution in [2.24, 2.45) is 0 Å². The number of alkyl halides is 2. The third kappa shape index (κ3) is 6.03. The Morgan fingerprint density at radius 1 is 1.35 bits per heavy atom. The molecule has 0 bridgehead atoms. The van der Waals surface area contributed by atoms with E-state index in [1.807, 2.05) is 4.90 Å². The van der Waals surface area contributed by atoms with Crippen molar-refractivity contribution < 1.29 is 18.6 Å². The van der Waals surface area contributed by atoms with Gasteiger partial charge in [0.25, 0.3) is 0 Å². The fraction of sp³-hybridized carbons (Fsp3) is 0.571. The quantitative estimate of drug-likeness (QED) is 0.757. The molecule has 1 aromatic carbocycles. The predicted octanol–water partition coefficient (Wildman–Crippen LogP) is 3.54. The van der Waals surface area contributed by atoms with E-state index in [0.29, 0.717) is 23.7 Å². The Balaban J connectivity index is 2.82. The van der Waals surface area contributed by atoms with Gasteiger partial charge in [0.2, 0.25) is 0 Å². The molecule has 3 nitrogen and oxygen atoms in total. The van der Waals surface area contributed by atoms with Gasteiger partial charge < -0.3 is 9.84 Å². The lowest BCUT2D eigenvalue weighted by molar-refractivity contribution is -0.0508. The van der Waals surface area contributed by atoms with Crippen LogP contribution in [0.4, 0.5) is 8.78 Å². The Kier molecular flexibility index (Phi) is 7.80. The summed E-state index contributed by atoms with van der Waals surface area (Å²) in [7, 11) is 0. The van der Waals surface area contributed by atoms with E-state index in [-0.39, 0.29) is 12.4 Å². The Morgan fingerprint density at radius 2 is 2.10 bits per heavy atom. The summed E-state index contributed by atoms with van der Waals surface area (Å²) in [6.07, 6.45) is 2.00. The molecule has 1 rings (SSSR count). The number of benzene rings is 1. The SMILES string of the molecule is CCCCN(CCO)Cc1cc(Cl)ccc1OC(F)F. The van der Waals surface area contributed by atoms with Gasteiger partial charge in [-0.25, -0.2) is 0 Å². The first kappa shape index (κ1) is 17.1. The summed E-state index contributed by atoms with van der Waals surface area (Å²) in [5, 5.41) is 9.54. The molecule has 20 heavy (non-hydrogen) atoms. The lowest BCUT2D eigenvalue weighted by Gasteiger charge is -2.22. The molecule has 0 heterocycles. The molecule has 0 unspecified atom stereocenters. The van der Waals surface area contributed by atoms with Crippen molar-refractivity contribution in [2.45, 2.75) is 32.9 Å². The highest BCUT2D eigenvalue weighted by Gasteiger charge is 2.13. The summed E-state index contributed by atoms with van der Waals surface area (Å²) in [4.78, 5) is 1.99. The summed E-state index contributed by atoms with van der Waals surface area (Å²) < 4.78 is 29.3. The van der Waals surface area contributed by atoms with Gasteiger partial charge in [-0.15, -0.1) is 0 Å². The molecule has 114 valence electrons. The number of rotatable bonds is 9. The number of halogens is 3. The molecule has 6 heteroatoms. The largest absolute Gasteiger partial charge is 0.434 e. The predicted molar refractivity (Wildman–Crippen MR) is 75.4 cm³/mol. The average Bonchev–Trinajstić information content (AvgIpc) is 2.39. The third-order valence-electron chi connectivity index (χ3n) is 2.88. The molecule has 0 radical (unpaired) electrons. The zero-order chi connectivity index (χ0) is 15.0. The molecule has 0 amide bonds. The van der Waals surface area contributed by atoms with Crippen LogP contribution in [0.3, 0.4) is 0 Å². The van der Waals surface area contributed by atoms with Gasteiger partial charge in [-0.1, -0.05) is 24.9 Å². The lowest BCUT2D eigenvalue weighted by atomic mass is 10.1. The average molecular weight is 308 g/mol. The summed E-state index contributed by atoms with van der Waals surface area (Å²) in [5.41, 5.74) is 0.599. The summed E-state index contributed by atoms with van der Waals surface area (Å²) in [5.74, 6) is 0.129. The molecule has 0 spiro atoms. The topological polar surface area (TPSA) is 32.7 Å². The molecule has 0 saturated heterocycles. The van der Waals surface area contributed by atoms with Gasteiger partial charge in [0, 0.05) is 23.7 Å². The first-order valence-electron chi connectivity index (χ1n) is 6.63. The maximum Gasteiger partial charge on any atom is 0.387 e. The zero-order valence-electron chi connectivity index (χ0n) is 11.5. The van der Waals surface area contributed by atoms with E-state index in [4.69, 9.17) is 16.7 Å². The zero-order valence-corrected chi connectivity index (χ0v) is 12.2. The van der Waals surface area contributed by atoms with Gasteiger partial charge in [0.15, 0.2) is 0 Å². The summed E-state index contributed by atoms with van der Waals surface area (Å²) in [6.45, 7) is 0.926. The van der Waals surface area contributed by atoms with Crippen LogP contribution in [0.1, 0.15) is 25.3 Å². The molecule has 0 aliphatic rings. The Morgan fingerprint density at radius 3 is 2.70 bits per heavy atom. The summed E-state index contributed by atoms with van der Waals surface area (Å²) in [6, 6.07) is 4.58. The standard InChI is InChI=1S/C14H20ClF2NO2/c1-2-3-6-18(7-8-19)10-11-9-12(15)4-5-13(11)20-14(16)17/h4-5,9,14,19H,2-3,6-8,10H2,1H3. The number of hydrogen-bond donors (Lipinski definition) is 1. The molecule has 0 aromatic heterocycles. The Bertz CT molecular complexity index is 405. The number of aliphatic hydroxyl groups is 1. The molecular formula is C14H20ClF2NO2. The van der Waals surface area contributed by atoms with Crippen LogP contribution in [0.15, 0.2) is 18.2 Å². The van der Waals surface area contributed by atoms with Crippen molar-refractivity contribution in [3.63, 3.8) is 0 Å². The van der Waals surface area contributed by atoms with Crippen molar-refractivity contribution in [1.29, 1.82) is 0 Å². The summed E-state index contributed by atoms with van der Waals surface area (Å²) >= 11 is 5.91. The fourth-order valence-electron chi connectivity index (χ4n) is 1.92. The number of unbranched alkanes of at least 4 members (excludes halogenated alkanes) is 1. The van der Waals surface area contributed by atoms with E-state index in [1.165, 1.54) is 12.1 Å². The highest BCUT2D eigenvalue weighted by atomic mass is 35.5. The van der Waals surface area contributed by atoms with Crippen LogP contribution in [0.25, 0.3) is 0 Å². The molecule has 0 aliphatic carbocycles. The van der Waals surface area contributed by atoms with Crippen molar-refractivity contribution in [3.8, 4) is 5.75 Å². The first-order valence-corrected chi connectivity index (χ1v) is 7.01. The van der Waals surface area contributed by atoms with Crippen LogP contribution in [-0.4, -0.2) is 36.3 Å². The van der Waals surface area contributed by atoms with Gasteiger partial charge in [-0.2, -0.15) is 8.78 Å². The minimum absolute atomic E-state index is 0.0231. The normalized spacial score (nSPS) is 11.3. The highest BCUT2D eigenvalue weighted by molar-refractivity contribution is 6.30. The van der Waals surface area contributed by atoms with Crippen molar-refractivity contribution in [3.05, 3.63) is 28.8 Å². The molecule has 1 N–H and O–H groups in total. The Labute approximate surface area is 123 Å². The fourth-order valence-corrected chi connectivity index (χ4v) is 2.11. The van der Waals surface area contributed by atoms with E-state index in [1.54, 1.807) is 6.07 Å². The third-order valence-corrected chi connectivity index (χ3v) is 3.11. The monoisotopic (exact) mass is 307 g/mol. The lowest BCUT2D eigenvalue weighted by Crippen LogP contribution is -2.28. The first-order chi connectivity index (χ1) is 9.56. The van der Waals surface area contributed by atoms with Crippen LogP contribution in [0, 0.1) is 0 Å². The second-order valence-electron chi connectivity index (χ2n) is 4.48. The molecule has 0 atom stereocenters. The van der Waals surface area contributed by atoms with Gasteiger partial charge >= 0.3 is 6.61 Å². The number of aliphatic hydroxyl groups excluding tert-OH is 1. The highest BCUT2D eigenvalue weighted by Crippen LogP contribution is 2.26. The van der Waals surface area contributed by atoms with Crippen molar-refractivity contribution in [2.75, 3.05) is 19.7 Å². The van der Waals surface area contributed by atoms with Crippen LogP contribution in [0.5, 0.6) is 5.75 Å². The van der Waals surface area contributed by atoms with Crippen molar-refractivity contribution >= 4 is 11.6 Å². The maximum absolute atomic E-state index is 12.4. The van der Waals surface area contributed by atoms with Gasteiger partial charge in [-0.05, 0) is 31.2 Å². The molecule has 0 saturated carbocycles. The number of ether oxygens (including phenoxy) is 1. The minimum atomic E-state index is -2.86. The number of hydrogen-bond acceptors (Lipinski definition) is 3. The van der Waals surface area contributed by atoms with E-state index in [0.717, 1.165) is 19.4 Å². The molecular weight excluding hydrogens is 288 g/mol. The molecule has 0 aliphatic heterocycles. The van der Waals surface area contributed by atoms with Crippen LogP contribution >= 0.6 is 11.6 Å². The maximum atomic E-state index is 12.4. The van der Waals surface area contributed by atoms with Gasteiger partial charge in [-0.3, -0.25) is 4.90 Å². The smallest absolute Gasteiger partial charge is 0.387 e. The molecule has 0 fully saturated rings. The van der Waals surface area contributed by atoms with E-state index in [2.05, 4.69) is 11.7 Å². The van der Waals surface area contributed by atoms with E-state index >= 15 is 0 Å². The van der Waals surface area contributed by atoms with Crippen LogP contribution < -0.4 is 4.74 Å². The second-order valence-corrected chi connectivity index (χ2v) is 4.92. The van der Waals surface area contributed by atoms with E-state index in [9.17, 15) is 8.78 Å². The van der Waals surface area contributed by atoms with Gasteiger partial charge in [0.1, 0.15) is 5.75 Å². The van der Waals surface area contributed by atoms with Crippen molar-refractivity contribution in [1.82, 2.24) is 4.90 Å². The van der Waals surface area contributed by atoms with Gasteiger partial charge in [0.05, 0.1) is 6.61 Å². The second kappa shape index (κ2) is 9.10.